The van der Waals surface area contributed by atoms with Crippen LogP contribution in [0.1, 0.15) is 10.5 Å². The van der Waals surface area contributed by atoms with Crippen LogP contribution >= 0.6 is 0 Å². The first-order valence-corrected chi connectivity index (χ1v) is 5.59. The highest BCUT2D eigenvalue weighted by Crippen LogP contribution is 2.22. The fraction of sp³-hybridized carbons (Fsp3) is 0.0909. The lowest BCUT2D eigenvalue weighted by Gasteiger charge is -1.89. The molecule has 0 aliphatic carbocycles. The van der Waals surface area contributed by atoms with E-state index in [9.17, 15) is 4.79 Å². The molecule has 3 aromatic rings. The number of hydrogen-bond acceptors (Lipinski definition) is 8. The summed E-state index contributed by atoms with van der Waals surface area (Å²) >= 11 is 0. The van der Waals surface area contributed by atoms with E-state index in [1.165, 1.54) is 25.9 Å². The van der Waals surface area contributed by atoms with Crippen LogP contribution in [0.25, 0.3) is 23.2 Å². The van der Waals surface area contributed by atoms with Crippen LogP contribution in [0.15, 0.2) is 32.0 Å². The first kappa shape index (κ1) is 12.2. The second kappa shape index (κ2) is 4.69. The molecule has 0 unspecified atom stereocenters. The van der Waals surface area contributed by atoms with Gasteiger partial charge in [0, 0.05) is 0 Å². The maximum absolute atomic E-state index is 11.3. The molecule has 0 atom stereocenters. The SMILES string of the molecule is Bc1nc(-c2nc(-c3nc(C(=O)OC)co3)co2)co1. The Kier molecular flexibility index (Phi) is 2.86. The molecule has 100 valence electrons. The molecule has 0 aromatic carbocycles. The van der Waals surface area contributed by atoms with E-state index < -0.39 is 5.97 Å². The summed E-state index contributed by atoms with van der Waals surface area (Å²) in [5.74, 6) is 0.343. The van der Waals surface area contributed by atoms with Gasteiger partial charge in [0.2, 0.25) is 19.6 Å². The lowest BCUT2D eigenvalue weighted by molar-refractivity contribution is 0.0594. The highest BCUT2D eigenvalue weighted by Gasteiger charge is 2.18. The number of carbonyl (C=O) groups excluding carboxylic acids is 1. The van der Waals surface area contributed by atoms with Crippen LogP contribution in [-0.4, -0.2) is 35.9 Å². The molecule has 0 bridgehead atoms. The highest BCUT2D eigenvalue weighted by molar-refractivity contribution is 6.28. The lowest BCUT2D eigenvalue weighted by atomic mass is 10.2. The number of nitrogens with zero attached hydrogens (tertiary/aromatic N) is 3. The highest BCUT2D eigenvalue weighted by atomic mass is 16.5. The average Bonchev–Trinajstić information content (AvgIpc) is 3.16. The molecule has 0 radical (unpaired) electrons. The summed E-state index contributed by atoms with van der Waals surface area (Å²) in [5.41, 5.74) is 0.869. The number of esters is 1. The minimum atomic E-state index is -0.587. The number of rotatable bonds is 3. The van der Waals surface area contributed by atoms with Gasteiger partial charge in [0.05, 0.1) is 7.11 Å². The van der Waals surface area contributed by atoms with Crippen LogP contribution in [0.4, 0.5) is 0 Å². The Morgan fingerprint density at radius 1 is 1.05 bits per heavy atom. The molecule has 9 heteroatoms. The zero-order valence-corrected chi connectivity index (χ0v) is 10.6. The van der Waals surface area contributed by atoms with Gasteiger partial charge in [0.15, 0.2) is 17.1 Å². The first-order valence-electron chi connectivity index (χ1n) is 5.59. The van der Waals surface area contributed by atoms with Crippen molar-refractivity contribution in [3.63, 3.8) is 0 Å². The summed E-state index contributed by atoms with van der Waals surface area (Å²) in [5, 5.41) is 0. The molecular weight excluding hydrogens is 265 g/mol. The first-order chi connectivity index (χ1) is 9.67. The molecule has 0 aliphatic rings. The lowest BCUT2D eigenvalue weighted by Crippen LogP contribution is -2.01. The van der Waals surface area contributed by atoms with E-state index in [1.807, 2.05) is 0 Å². The number of ether oxygens (including phenoxy) is 1. The van der Waals surface area contributed by atoms with E-state index in [4.69, 9.17) is 13.3 Å². The van der Waals surface area contributed by atoms with Gasteiger partial charge in [-0.1, -0.05) is 0 Å². The monoisotopic (exact) mass is 273 g/mol. The van der Waals surface area contributed by atoms with Gasteiger partial charge in [-0.2, -0.15) is 0 Å². The van der Waals surface area contributed by atoms with Gasteiger partial charge < -0.3 is 18.0 Å². The minimum absolute atomic E-state index is 0.0596. The third-order valence-corrected chi connectivity index (χ3v) is 2.46. The molecule has 0 saturated heterocycles. The van der Waals surface area contributed by atoms with Crippen molar-refractivity contribution < 1.29 is 22.8 Å². The number of hydrogen-bond donors (Lipinski definition) is 0. The van der Waals surface area contributed by atoms with Gasteiger partial charge in [0.25, 0.3) is 0 Å². The Balaban J connectivity index is 1.90. The number of methoxy groups -OCH3 is 1. The summed E-state index contributed by atoms with van der Waals surface area (Å²) in [6, 6.07) is 0. The second-order valence-electron chi connectivity index (χ2n) is 3.82. The number of carbonyl (C=O) groups is 1. The van der Waals surface area contributed by atoms with E-state index in [0.29, 0.717) is 17.2 Å². The summed E-state index contributed by atoms with van der Waals surface area (Å²) in [6.45, 7) is 0. The quantitative estimate of drug-likeness (QED) is 0.486. The Morgan fingerprint density at radius 2 is 1.70 bits per heavy atom. The molecule has 0 spiro atoms. The van der Waals surface area contributed by atoms with Crippen LogP contribution in [-0.2, 0) is 4.74 Å². The summed E-state index contributed by atoms with van der Waals surface area (Å²) in [4.78, 5) is 23.5. The summed E-state index contributed by atoms with van der Waals surface area (Å²) < 4.78 is 20.0. The van der Waals surface area contributed by atoms with Gasteiger partial charge in [-0.05, 0) is 0 Å². The van der Waals surface area contributed by atoms with Crippen LogP contribution in [0.3, 0.4) is 0 Å². The molecular formula is C11H8BN3O5. The smallest absolute Gasteiger partial charge is 0.360 e. The van der Waals surface area contributed by atoms with E-state index in [0.717, 1.165) is 0 Å². The van der Waals surface area contributed by atoms with Gasteiger partial charge >= 0.3 is 5.97 Å². The number of oxazole rings is 3. The fourth-order valence-corrected chi connectivity index (χ4v) is 1.54. The minimum Gasteiger partial charge on any atom is -0.464 e. The van der Waals surface area contributed by atoms with E-state index in [-0.39, 0.29) is 17.5 Å². The van der Waals surface area contributed by atoms with Crippen molar-refractivity contribution in [2.45, 2.75) is 0 Å². The topological polar surface area (TPSA) is 104 Å². The molecule has 3 rings (SSSR count). The maximum atomic E-state index is 11.3. The molecule has 0 N–H and O–H groups in total. The van der Waals surface area contributed by atoms with E-state index in [1.54, 1.807) is 7.85 Å². The maximum Gasteiger partial charge on any atom is 0.360 e. The van der Waals surface area contributed by atoms with Crippen molar-refractivity contribution >= 4 is 19.6 Å². The third-order valence-electron chi connectivity index (χ3n) is 2.46. The summed E-state index contributed by atoms with van der Waals surface area (Å²) in [6.07, 6.45) is 3.97. The average molecular weight is 273 g/mol. The Hall–Kier alpha value is -2.84. The molecule has 3 aromatic heterocycles. The van der Waals surface area contributed by atoms with Gasteiger partial charge in [-0.25, -0.2) is 19.7 Å². The van der Waals surface area contributed by atoms with Crippen LogP contribution in [0, 0.1) is 0 Å². The van der Waals surface area contributed by atoms with E-state index in [2.05, 4.69) is 19.7 Å². The molecule has 8 nitrogen and oxygen atoms in total. The van der Waals surface area contributed by atoms with Crippen molar-refractivity contribution in [2.24, 2.45) is 0 Å². The molecule has 3 heterocycles. The third kappa shape index (κ3) is 2.09. The van der Waals surface area contributed by atoms with Crippen LogP contribution < -0.4 is 5.79 Å². The predicted molar refractivity (Wildman–Crippen MR) is 67.0 cm³/mol. The van der Waals surface area contributed by atoms with Crippen molar-refractivity contribution in [3.05, 3.63) is 24.5 Å². The van der Waals surface area contributed by atoms with Crippen molar-refractivity contribution in [3.8, 4) is 23.2 Å². The predicted octanol–water partition coefficient (Wildman–Crippen LogP) is 0.0296. The van der Waals surface area contributed by atoms with Crippen molar-refractivity contribution in [1.82, 2.24) is 15.0 Å². The van der Waals surface area contributed by atoms with Crippen LogP contribution in [0.2, 0.25) is 0 Å². The van der Waals surface area contributed by atoms with E-state index >= 15 is 0 Å². The molecule has 0 fully saturated rings. The number of aromatic nitrogens is 3. The van der Waals surface area contributed by atoms with Crippen LogP contribution in [0.5, 0.6) is 0 Å². The zero-order valence-electron chi connectivity index (χ0n) is 10.6. The fourth-order valence-electron chi connectivity index (χ4n) is 1.54. The Labute approximate surface area is 113 Å². The molecule has 0 aliphatic heterocycles. The molecule has 0 amide bonds. The van der Waals surface area contributed by atoms with Gasteiger partial charge in [-0.15, -0.1) is 0 Å². The molecule has 0 saturated carbocycles. The van der Waals surface area contributed by atoms with Crippen molar-refractivity contribution in [1.29, 1.82) is 0 Å². The zero-order chi connectivity index (χ0) is 14.1. The Morgan fingerprint density at radius 3 is 2.40 bits per heavy atom. The van der Waals surface area contributed by atoms with Gasteiger partial charge in [-0.3, -0.25) is 0 Å². The largest absolute Gasteiger partial charge is 0.464 e. The van der Waals surface area contributed by atoms with Crippen molar-refractivity contribution in [2.75, 3.05) is 7.11 Å². The Bertz CT molecular complexity index is 760. The molecule has 20 heavy (non-hydrogen) atoms. The second-order valence-corrected chi connectivity index (χ2v) is 3.82. The van der Waals surface area contributed by atoms with Gasteiger partial charge in [0.1, 0.15) is 24.6 Å². The summed E-state index contributed by atoms with van der Waals surface area (Å²) in [7, 11) is 2.97. The standard InChI is InChI=1S/C11H8BN3O5/c1-17-10(16)7-4-19-8(14-7)5-2-18-9(13-5)6-3-20-11(12)15-6/h2-4H,12H2,1H3. The normalized spacial score (nSPS) is 10.7.